The van der Waals surface area contributed by atoms with Crippen molar-refractivity contribution in [2.75, 3.05) is 24.5 Å². The summed E-state index contributed by atoms with van der Waals surface area (Å²) in [6.07, 6.45) is 4.35. The van der Waals surface area contributed by atoms with Crippen LogP contribution in [0.3, 0.4) is 0 Å². The molecule has 6 nitrogen and oxygen atoms in total. The molecule has 2 unspecified atom stereocenters. The molecule has 0 saturated carbocycles. The molecule has 6 heteroatoms. The Balaban J connectivity index is 1.62. The quantitative estimate of drug-likeness (QED) is 0.871. The van der Waals surface area contributed by atoms with Crippen LogP contribution in [0.4, 0.5) is 5.95 Å². The van der Waals surface area contributed by atoms with Gasteiger partial charge in [-0.25, -0.2) is 0 Å². The summed E-state index contributed by atoms with van der Waals surface area (Å²) >= 11 is 0. The van der Waals surface area contributed by atoms with Crippen LogP contribution in [0.25, 0.3) is 11.4 Å². The minimum atomic E-state index is 0.543. The Morgan fingerprint density at radius 3 is 3.19 bits per heavy atom. The van der Waals surface area contributed by atoms with E-state index in [0.717, 1.165) is 48.6 Å². The van der Waals surface area contributed by atoms with Crippen molar-refractivity contribution >= 4 is 5.95 Å². The molecule has 2 atom stereocenters. The Labute approximate surface area is 124 Å². The lowest BCUT2D eigenvalue weighted by molar-refractivity contribution is 0.381. The molecule has 0 bridgehead atoms. The van der Waals surface area contributed by atoms with Gasteiger partial charge in [0.15, 0.2) is 5.82 Å². The maximum atomic E-state index is 4.71. The third-order valence-corrected chi connectivity index (χ3v) is 4.58. The molecule has 4 heterocycles. The number of nitrogens with zero attached hydrogens (tertiary/aromatic N) is 4. The maximum Gasteiger partial charge on any atom is 0.245 e. The smallest absolute Gasteiger partial charge is 0.245 e. The third kappa shape index (κ3) is 2.29. The van der Waals surface area contributed by atoms with E-state index in [1.165, 1.54) is 12.8 Å². The molecule has 0 radical (unpaired) electrons. The van der Waals surface area contributed by atoms with Crippen molar-refractivity contribution in [3.8, 4) is 11.4 Å². The molecule has 2 fully saturated rings. The average molecular weight is 284 g/mol. The molecule has 0 spiro atoms. The standard InChI is InChI=1S/C15H20N6/c1-10-7-11(4-5-17-10)14-18-15(20-19-14)21-6-2-3-12-8-16-9-13(12)21/h4-5,7,12-13,16H,2-3,6,8-9H2,1H3,(H,18,19,20). The van der Waals surface area contributed by atoms with Gasteiger partial charge in [0, 0.05) is 43.1 Å². The van der Waals surface area contributed by atoms with Crippen LogP contribution in [0.15, 0.2) is 18.3 Å². The van der Waals surface area contributed by atoms with Gasteiger partial charge in [-0.15, -0.1) is 5.10 Å². The molecular weight excluding hydrogens is 264 g/mol. The molecule has 2 aromatic heterocycles. The summed E-state index contributed by atoms with van der Waals surface area (Å²) in [6.45, 7) is 5.21. The van der Waals surface area contributed by atoms with E-state index in [1.54, 1.807) is 0 Å². The second kappa shape index (κ2) is 5.11. The van der Waals surface area contributed by atoms with Crippen LogP contribution < -0.4 is 10.2 Å². The molecule has 2 aliphatic rings. The number of hydrogen-bond acceptors (Lipinski definition) is 5. The van der Waals surface area contributed by atoms with Gasteiger partial charge >= 0.3 is 0 Å². The second-order valence-corrected chi connectivity index (χ2v) is 5.99. The van der Waals surface area contributed by atoms with Crippen molar-refractivity contribution in [2.45, 2.75) is 25.8 Å². The summed E-state index contributed by atoms with van der Waals surface area (Å²) in [5.74, 6) is 2.39. The first kappa shape index (κ1) is 12.8. The van der Waals surface area contributed by atoms with E-state index in [1.807, 2.05) is 25.3 Å². The molecule has 2 aliphatic heterocycles. The lowest BCUT2D eigenvalue weighted by Gasteiger charge is -2.36. The van der Waals surface area contributed by atoms with Crippen LogP contribution >= 0.6 is 0 Å². The number of nitrogens with one attached hydrogen (secondary N) is 2. The molecule has 0 amide bonds. The number of fused-ring (bicyclic) bond motifs is 1. The first-order valence-corrected chi connectivity index (χ1v) is 7.64. The van der Waals surface area contributed by atoms with Crippen LogP contribution in [0.2, 0.25) is 0 Å². The number of rotatable bonds is 2. The van der Waals surface area contributed by atoms with Crippen molar-refractivity contribution in [1.82, 2.24) is 25.5 Å². The van der Waals surface area contributed by atoms with Crippen LogP contribution in [0.5, 0.6) is 0 Å². The first-order chi connectivity index (χ1) is 10.3. The minimum absolute atomic E-state index is 0.543. The Hall–Kier alpha value is -1.95. The van der Waals surface area contributed by atoms with Crippen LogP contribution in [0, 0.1) is 12.8 Å². The Morgan fingerprint density at radius 2 is 2.29 bits per heavy atom. The average Bonchev–Trinajstić information content (AvgIpc) is 3.16. The molecule has 2 N–H and O–H groups in total. The van der Waals surface area contributed by atoms with Crippen LogP contribution in [-0.4, -0.2) is 45.8 Å². The zero-order valence-electron chi connectivity index (χ0n) is 12.2. The van der Waals surface area contributed by atoms with Gasteiger partial charge in [0.05, 0.1) is 0 Å². The van der Waals surface area contributed by atoms with Crippen LogP contribution in [-0.2, 0) is 0 Å². The molecule has 0 aliphatic carbocycles. The second-order valence-electron chi connectivity index (χ2n) is 5.99. The van der Waals surface area contributed by atoms with E-state index < -0.39 is 0 Å². The van der Waals surface area contributed by atoms with E-state index in [9.17, 15) is 0 Å². The molecule has 0 aromatic carbocycles. The molecule has 4 rings (SSSR count). The highest BCUT2D eigenvalue weighted by Crippen LogP contribution is 2.29. The normalized spacial score (nSPS) is 25.1. The summed E-state index contributed by atoms with van der Waals surface area (Å²) in [6, 6.07) is 4.54. The number of piperidine rings is 1. The third-order valence-electron chi connectivity index (χ3n) is 4.58. The first-order valence-electron chi connectivity index (χ1n) is 7.64. The number of H-pyrrole nitrogens is 1. The topological polar surface area (TPSA) is 69.7 Å². The zero-order chi connectivity index (χ0) is 14.2. The molecular formula is C15H20N6. The Morgan fingerprint density at radius 1 is 1.33 bits per heavy atom. The Kier molecular flexibility index (Phi) is 3.11. The summed E-state index contributed by atoms with van der Waals surface area (Å²) < 4.78 is 0. The molecule has 2 aromatic rings. The van der Waals surface area contributed by atoms with E-state index in [0.29, 0.717) is 6.04 Å². The van der Waals surface area contributed by atoms with Crippen LogP contribution in [0.1, 0.15) is 18.5 Å². The number of pyridine rings is 1. The van der Waals surface area contributed by atoms with Gasteiger partial charge < -0.3 is 10.2 Å². The SMILES string of the molecule is Cc1cc(-c2nc(N3CCCC4CNCC43)n[nH]2)ccn1. The fourth-order valence-electron chi connectivity index (χ4n) is 3.52. The van der Waals surface area contributed by atoms with Crippen molar-refractivity contribution < 1.29 is 0 Å². The van der Waals surface area contributed by atoms with Crippen molar-refractivity contribution in [3.63, 3.8) is 0 Å². The molecule has 21 heavy (non-hydrogen) atoms. The highest BCUT2D eigenvalue weighted by molar-refractivity contribution is 5.56. The lowest BCUT2D eigenvalue weighted by atomic mass is 9.92. The number of anilines is 1. The minimum Gasteiger partial charge on any atom is -0.335 e. The fraction of sp³-hybridized carbons (Fsp3) is 0.533. The van der Waals surface area contributed by atoms with Gasteiger partial charge in [-0.3, -0.25) is 10.1 Å². The highest BCUT2D eigenvalue weighted by Gasteiger charge is 2.36. The summed E-state index contributed by atoms with van der Waals surface area (Å²) in [5.41, 5.74) is 2.03. The largest absolute Gasteiger partial charge is 0.335 e. The van der Waals surface area contributed by atoms with E-state index in [2.05, 4.69) is 25.4 Å². The van der Waals surface area contributed by atoms with Gasteiger partial charge in [-0.05, 0) is 37.8 Å². The van der Waals surface area contributed by atoms with Crippen molar-refractivity contribution in [3.05, 3.63) is 24.0 Å². The molecule has 110 valence electrons. The molecule has 2 saturated heterocycles. The number of aromatic nitrogens is 4. The van der Waals surface area contributed by atoms with Crippen molar-refractivity contribution in [2.24, 2.45) is 5.92 Å². The number of aryl methyl sites for hydroxylation is 1. The van der Waals surface area contributed by atoms with E-state index in [4.69, 9.17) is 4.98 Å². The number of aromatic amines is 1. The monoisotopic (exact) mass is 284 g/mol. The van der Waals surface area contributed by atoms with Gasteiger partial charge in [-0.1, -0.05) is 0 Å². The predicted molar refractivity (Wildman–Crippen MR) is 81.1 cm³/mol. The summed E-state index contributed by atoms with van der Waals surface area (Å²) in [4.78, 5) is 11.3. The number of hydrogen-bond donors (Lipinski definition) is 2. The maximum absolute atomic E-state index is 4.71. The summed E-state index contributed by atoms with van der Waals surface area (Å²) in [7, 11) is 0. The fourth-order valence-corrected chi connectivity index (χ4v) is 3.52. The van der Waals surface area contributed by atoms with Gasteiger partial charge in [-0.2, -0.15) is 4.98 Å². The van der Waals surface area contributed by atoms with Gasteiger partial charge in [0.1, 0.15) is 0 Å². The Bertz CT molecular complexity index is 637. The highest BCUT2D eigenvalue weighted by atomic mass is 15.4. The van der Waals surface area contributed by atoms with Crippen molar-refractivity contribution in [1.29, 1.82) is 0 Å². The zero-order valence-corrected chi connectivity index (χ0v) is 12.2. The summed E-state index contributed by atoms with van der Waals surface area (Å²) in [5, 5.41) is 11.0. The van der Waals surface area contributed by atoms with Gasteiger partial charge in [0.2, 0.25) is 5.95 Å². The van der Waals surface area contributed by atoms with E-state index >= 15 is 0 Å². The van der Waals surface area contributed by atoms with E-state index in [-0.39, 0.29) is 0 Å². The lowest BCUT2D eigenvalue weighted by Crippen LogP contribution is -2.45. The predicted octanol–water partition coefficient (Wildman–Crippen LogP) is 1.36. The van der Waals surface area contributed by atoms with Gasteiger partial charge in [0.25, 0.3) is 0 Å².